The number of benzene rings is 1. The number of carbonyl (C=O) groups excluding carboxylic acids is 4. The number of aryl methyl sites for hydroxylation is 1. The molecule has 1 aromatic carbocycles. The van der Waals surface area contributed by atoms with Gasteiger partial charge in [0.2, 0.25) is 5.91 Å². The average Bonchev–Trinajstić information content (AvgIpc) is 3.31. The summed E-state index contributed by atoms with van der Waals surface area (Å²) in [6.07, 6.45) is -0.743. The van der Waals surface area contributed by atoms with E-state index in [4.69, 9.17) is 9.47 Å². The molecule has 214 valence electrons. The smallest absolute Gasteiger partial charge is 0.414 e. The molecule has 4 rings (SSSR count). The van der Waals surface area contributed by atoms with Crippen LogP contribution in [-0.4, -0.2) is 92.4 Å². The summed E-state index contributed by atoms with van der Waals surface area (Å²) in [6, 6.07) is 5.41. The Hall–Kier alpha value is -4.49. The molecule has 1 aromatic heterocycles. The molecule has 0 aliphatic carbocycles. The standard InChI is InChI=1S/C26H30F2N6O6/c1-3-39-25(37)31-13-19-15-34(26(38)40-19)18-10-20(27)23(21(28)11-18)33-8-6-32(7-9-33)22(35)14-30-24(36)17-5-4-16(2)29-12-17/h4-5,10-12,19H,3,6-9,13-15H2,1-2H3,(H,30,36)(H,31,37)/t19-/m0/s1. The van der Waals surface area contributed by atoms with Crippen molar-refractivity contribution in [3.63, 3.8) is 0 Å². The van der Waals surface area contributed by atoms with Gasteiger partial charge in [-0.05, 0) is 26.0 Å². The number of nitrogens with zero attached hydrogens (tertiary/aromatic N) is 4. The van der Waals surface area contributed by atoms with Crippen LogP contribution in [0.25, 0.3) is 0 Å². The lowest BCUT2D eigenvalue weighted by Crippen LogP contribution is -2.51. The van der Waals surface area contributed by atoms with Gasteiger partial charge in [-0.3, -0.25) is 19.5 Å². The molecule has 0 saturated carbocycles. The van der Waals surface area contributed by atoms with Gasteiger partial charge in [0.1, 0.15) is 11.8 Å². The minimum Gasteiger partial charge on any atom is -0.450 e. The van der Waals surface area contributed by atoms with Crippen molar-refractivity contribution in [1.82, 2.24) is 20.5 Å². The highest BCUT2D eigenvalue weighted by Gasteiger charge is 2.34. The van der Waals surface area contributed by atoms with Crippen LogP contribution < -0.4 is 20.4 Å². The molecule has 2 N–H and O–H groups in total. The van der Waals surface area contributed by atoms with E-state index in [0.29, 0.717) is 5.56 Å². The first-order chi connectivity index (χ1) is 19.2. The number of pyridine rings is 1. The number of carbonyl (C=O) groups is 4. The molecular weight excluding hydrogens is 530 g/mol. The van der Waals surface area contributed by atoms with Crippen molar-refractivity contribution in [3.05, 3.63) is 53.4 Å². The quantitative estimate of drug-likeness (QED) is 0.500. The van der Waals surface area contributed by atoms with Crippen molar-refractivity contribution in [2.24, 2.45) is 0 Å². The SMILES string of the molecule is CCOC(=O)NC[C@H]1CN(c2cc(F)c(N3CCN(C(=O)CNC(=O)c4ccc(C)nc4)CC3)c(F)c2)C(=O)O1. The molecule has 2 fully saturated rings. The van der Waals surface area contributed by atoms with Crippen LogP contribution in [-0.2, 0) is 14.3 Å². The van der Waals surface area contributed by atoms with E-state index in [2.05, 4.69) is 15.6 Å². The van der Waals surface area contributed by atoms with Gasteiger partial charge in [-0.25, -0.2) is 18.4 Å². The molecule has 14 heteroatoms. The first kappa shape index (κ1) is 28.5. The molecular formula is C26H30F2N6O6. The number of ether oxygens (including phenoxy) is 2. The molecule has 1 atom stereocenters. The molecule has 4 amide bonds. The highest BCUT2D eigenvalue weighted by Crippen LogP contribution is 2.31. The van der Waals surface area contributed by atoms with Crippen molar-refractivity contribution in [2.75, 3.05) is 62.2 Å². The minimum atomic E-state index is -0.866. The zero-order chi connectivity index (χ0) is 28.8. The van der Waals surface area contributed by atoms with E-state index >= 15 is 8.78 Å². The van der Waals surface area contributed by atoms with Crippen LogP contribution in [0.1, 0.15) is 23.0 Å². The predicted molar refractivity (Wildman–Crippen MR) is 139 cm³/mol. The summed E-state index contributed by atoms with van der Waals surface area (Å²) in [6.45, 7) is 4.13. The predicted octanol–water partition coefficient (Wildman–Crippen LogP) is 1.82. The molecule has 0 bridgehead atoms. The van der Waals surface area contributed by atoms with Gasteiger partial charge < -0.3 is 29.9 Å². The fourth-order valence-corrected chi connectivity index (χ4v) is 4.38. The summed E-state index contributed by atoms with van der Waals surface area (Å²) in [5.74, 6) is -2.47. The molecule has 0 spiro atoms. The van der Waals surface area contributed by atoms with E-state index in [0.717, 1.165) is 22.7 Å². The third-order valence-corrected chi connectivity index (χ3v) is 6.46. The number of anilines is 2. The maximum Gasteiger partial charge on any atom is 0.414 e. The number of aromatic nitrogens is 1. The maximum absolute atomic E-state index is 15.1. The maximum atomic E-state index is 15.1. The zero-order valence-corrected chi connectivity index (χ0v) is 22.1. The number of alkyl carbamates (subject to hydrolysis) is 1. The molecule has 0 radical (unpaired) electrons. The Bertz CT molecular complexity index is 1250. The lowest BCUT2D eigenvalue weighted by Gasteiger charge is -2.36. The van der Waals surface area contributed by atoms with Gasteiger partial charge >= 0.3 is 12.2 Å². The number of halogens is 2. The largest absolute Gasteiger partial charge is 0.450 e. The highest BCUT2D eigenvalue weighted by molar-refractivity contribution is 5.96. The van der Waals surface area contributed by atoms with Crippen LogP contribution in [0.2, 0.25) is 0 Å². The zero-order valence-electron chi connectivity index (χ0n) is 22.1. The summed E-state index contributed by atoms with van der Waals surface area (Å²) in [7, 11) is 0. The van der Waals surface area contributed by atoms with Crippen molar-refractivity contribution in [1.29, 1.82) is 0 Å². The highest BCUT2D eigenvalue weighted by atomic mass is 19.1. The molecule has 2 aliphatic heterocycles. The number of hydrogen-bond donors (Lipinski definition) is 2. The number of cyclic esters (lactones) is 1. The van der Waals surface area contributed by atoms with Gasteiger partial charge in [0, 0.05) is 50.2 Å². The number of piperazine rings is 1. The lowest BCUT2D eigenvalue weighted by atomic mass is 10.2. The van der Waals surface area contributed by atoms with E-state index in [1.165, 1.54) is 16.0 Å². The van der Waals surface area contributed by atoms with Gasteiger partial charge in [0.15, 0.2) is 11.6 Å². The van der Waals surface area contributed by atoms with Crippen LogP contribution in [0.15, 0.2) is 30.5 Å². The Kier molecular flexibility index (Phi) is 8.97. The van der Waals surface area contributed by atoms with E-state index in [-0.39, 0.29) is 69.7 Å². The van der Waals surface area contributed by atoms with Crippen LogP contribution >= 0.6 is 0 Å². The third kappa shape index (κ3) is 6.74. The summed E-state index contributed by atoms with van der Waals surface area (Å²) < 4.78 is 40.1. The lowest BCUT2D eigenvalue weighted by molar-refractivity contribution is -0.130. The second kappa shape index (κ2) is 12.6. The van der Waals surface area contributed by atoms with Crippen molar-refractivity contribution in [3.8, 4) is 0 Å². The van der Waals surface area contributed by atoms with Crippen molar-refractivity contribution < 1.29 is 37.4 Å². The van der Waals surface area contributed by atoms with Crippen LogP contribution in [0, 0.1) is 18.6 Å². The van der Waals surface area contributed by atoms with Crippen LogP contribution in [0.3, 0.4) is 0 Å². The fourth-order valence-electron chi connectivity index (χ4n) is 4.38. The molecule has 3 heterocycles. The second-order valence-corrected chi connectivity index (χ2v) is 9.21. The van der Waals surface area contributed by atoms with Gasteiger partial charge in [0.05, 0.1) is 37.5 Å². The Morgan fingerprint density at radius 2 is 1.80 bits per heavy atom. The number of nitrogens with one attached hydrogen (secondary N) is 2. The molecule has 2 saturated heterocycles. The van der Waals surface area contributed by atoms with E-state index < -0.39 is 35.8 Å². The van der Waals surface area contributed by atoms with E-state index in [1.54, 1.807) is 26.0 Å². The minimum absolute atomic E-state index is 0.0127. The Balaban J connectivity index is 1.30. The van der Waals surface area contributed by atoms with Crippen LogP contribution in [0.5, 0.6) is 0 Å². The van der Waals surface area contributed by atoms with Crippen molar-refractivity contribution >= 4 is 35.4 Å². The number of rotatable bonds is 8. The topological polar surface area (TPSA) is 133 Å². The van der Waals surface area contributed by atoms with E-state index in [9.17, 15) is 19.2 Å². The van der Waals surface area contributed by atoms with Gasteiger partial charge in [-0.2, -0.15) is 0 Å². The second-order valence-electron chi connectivity index (χ2n) is 9.21. The molecule has 2 aliphatic rings. The average molecular weight is 561 g/mol. The van der Waals surface area contributed by atoms with Gasteiger partial charge in [0.25, 0.3) is 5.91 Å². The first-order valence-electron chi connectivity index (χ1n) is 12.8. The summed E-state index contributed by atoms with van der Waals surface area (Å²) in [4.78, 5) is 56.7. The van der Waals surface area contributed by atoms with Gasteiger partial charge in [-0.15, -0.1) is 0 Å². The van der Waals surface area contributed by atoms with Gasteiger partial charge in [-0.1, -0.05) is 0 Å². The Morgan fingerprint density at radius 3 is 2.42 bits per heavy atom. The molecule has 2 aromatic rings. The number of hydrogen-bond acceptors (Lipinski definition) is 8. The molecule has 0 unspecified atom stereocenters. The fraction of sp³-hybridized carbons (Fsp3) is 0.423. The Labute approximate surface area is 229 Å². The summed E-state index contributed by atoms with van der Waals surface area (Å²) in [5, 5.41) is 5.02. The first-order valence-corrected chi connectivity index (χ1v) is 12.8. The monoisotopic (exact) mass is 560 g/mol. The summed E-state index contributed by atoms with van der Waals surface area (Å²) in [5.41, 5.74) is 0.823. The number of amides is 4. The van der Waals surface area contributed by atoms with E-state index in [1.807, 2.05) is 0 Å². The summed E-state index contributed by atoms with van der Waals surface area (Å²) >= 11 is 0. The molecule has 40 heavy (non-hydrogen) atoms. The van der Waals surface area contributed by atoms with Crippen molar-refractivity contribution in [2.45, 2.75) is 20.0 Å². The van der Waals surface area contributed by atoms with Crippen LogP contribution in [0.4, 0.5) is 29.7 Å². The normalized spacial score (nSPS) is 16.9. The third-order valence-electron chi connectivity index (χ3n) is 6.46. The molecule has 12 nitrogen and oxygen atoms in total. The Morgan fingerprint density at radius 1 is 1.10 bits per heavy atom.